The molecule has 4 aromatic carbocycles. The maximum atomic E-state index is 13.6. The first-order chi connectivity index (χ1) is 22.1. The fourth-order valence-corrected chi connectivity index (χ4v) is 6.40. The summed E-state index contributed by atoms with van der Waals surface area (Å²) < 4.78 is 10.6. The van der Waals surface area contributed by atoms with Crippen molar-refractivity contribution in [2.24, 2.45) is 0 Å². The van der Waals surface area contributed by atoms with Crippen LogP contribution in [0, 0.1) is 0 Å². The highest BCUT2D eigenvalue weighted by Gasteiger charge is 2.40. The smallest absolute Gasteiger partial charge is 0.343 e. The fraction of sp³-hybridized carbons (Fsp3) is 0.0571. The highest BCUT2D eigenvalue weighted by Crippen LogP contribution is 2.31. The van der Waals surface area contributed by atoms with Gasteiger partial charge in [-0.15, -0.1) is 0 Å². The Bertz CT molecular complexity index is 2300. The van der Waals surface area contributed by atoms with Crippen LogP contribution in [0.1, 0.15) is 63.7 Å². The number of aromatic hydroxyl groups is 4. The largest absolute Gasteiger partial charge is 0.507 e. The number of carbonyl (C=O) groups excluding carboxylic acids is 5. The minimum Gasteiger partial charge on any atom is -0.507 e. The molecule has 11 nitrogen and oxygen atoms in total. The second-order valence-electron chi connectivity index (χ2n) is 11.1. The van der Waals surface area contributed by atoms with Crippen molar-refractivity contribution in [3.63, 3.8) is 0 Å². The van der Waals surface area contributed by atoms with Gasteiger partial charge in [0.1, 0.15) is 34.1 Å². The zero-order valence-corrected chi connectivity index (χ0v) is 23.2. The van der Waals surface area contributed by atoms with E-state index in [9.17, 15) is 44.4 Å². The molecule has 11 heteroatoms. The third-order valence-electron chi connectivity index (χ3n) is 8.58. The van der Waals surface area contributed by atoms with E-state index in [0.717, 1.165) is 12.2 Å². The average molecular weight is 615 g/mol. The number of hydrogen-bond donors (Lipinski definition) is 4. The Kier molecular flexibility index (Phi) is 5.45. The minimum atomic E-state index is -1.77. The van der Waals surface area contributed by atoms with Crippen LogP contribution in [0.25, 0.3) is 24.3 Å². The number of ether oxygens (including phenoxy) is 2. The summed E-state index contributed by atoms with van der Waals surface area (Å²) in [7, 11) is 0. The Morgan fingerprint density at radius 2 is 0.891 bits per heavy atom. The highest BCUT2D eigenvalue weighted by molar-refractivity contribution is 6.17. The van der Waals surface area contributed by atoms with E-state index in [2.05, 4.69) is 0 Å². The molecule has 0 radical (unpaired) electrons. The molecule has 2 heterocycles. The Labute approximate surface area is 256 Å². The van der Waals surface area contributed by atoms with E-state index >= 15 is 0 Å². The van der Waals surface area contributed by atoms with Crippen LogP contribution < -0.4 is 20.9 Å². The first-order valence-electron chi connectivity index (χ1n) is 13.9. The number of rotatable bonds is 2. The average Bonchev–Trinajstić information content (AvgIpc) is 3.05. The summed E-state index contributed by atoms with van der Waals surface area (Å²) in [6, 6.07) is 13.0. The highest BCUT2D eigenvalue weighted by atomic mass is 16.6. The molecule has 0 saturated heterocycles. The number of fused-ring (bicyclic) bond motifs is 6. The van der Waals surface area contributed by atoms with Gasteiger partial charge >= 0.3 is 11.9 Å². The lowest BCUT2D eigenvalue weighted by Crippen LogP contribution is -2.45. The number of phenols is 4. The summed E-state index contributed by atoms with van der Waals surface area (Å²) in [5, 5.41) is 43.6. The molecule has 0 amide bonds. The third kappa shape index (κ3) is 3.50. The van der Waals surface area contributed by atoms with Gasteiger partial charge in [-0.2, -0.15) is 0 Å². The molecule has 0 saturated carbocycles. The lowest BCUT2D eigenvalue weighted by atomic mass is 9.86. The molecule has 2 unspecified atom stereocenters. The van der Waals surface area contributed by atoms with Crippen molar-refractivity contribution >= 4 is 53.6 Å². The molecule has 4 aromatic rings. The van der Waals surface area contributed by atoms with Crippen LogP contribution in [0.4, 0.5) is 0 Å². The Morgan fingerprint density at radius 3 is 1.30 bits per heavy atom. The summed E-state index contributed by atoms with van der Waals surface area (Å²) >= 11 is 0. The minimum absolute atomic E-state index is 0.0887. The van der Waals surface area contributed by atoms with Gasteiger partial charge in [-0.1, -0.05) is 48.5 Å². The zero-order chi connectivity index (χ0) is 32.2. The van der Waals surface area contributed by atoms with Gasteiger partial charge in [-0.3, -0.25) is 14.4 Å². The second kappa shape index (κ2) is 9.26. The van der Waals surface area contributed by atoms with Crippen LogP contribution in [0.3, 0.4) is 0 Å². The van der Waals surface area contributed by atoms with Crippen molar-refractivity contribution in [1.82, 2.24) is 0 Å². The normalized spacial score (nSPS) is 18.3. The van der Waals surface area contributed by atoms with E-state index < -0.39 is 75.6 Å². The molecule has 8 rings (SSSR count). The third-order valence-corrected chi connectivity index (χ3v) is 8.58. The van der Waals surface area contributed by atoms with E-state index in [1.54, 1.807) is 36.4 Å². The zero-order valence-electron chi connectivity index (χ0n) is 23.2. The molecule has 0 aromatic heterocycles. The number of esters is 2. The fourth-order valence-electron chi connectivity index (χ4n) is 6.40. The van der Waals surface area contributed by atoms with Crippen molar-refractivity contribution in [3.05, 3.63) is 114 Å². The molecule has 46 heavy (non-hydrogen) atoms. The van der Waals surface area contributed by atoms with E-state index in [4.69, 9.17) is 9.47 Å². The van der Waals surface area contributed by atoms with Gasteiger partial charge in [0.2, 0.25) is 5.78 Å². The number of hydrogen-bond acceptors (Lipinski definition) is 11. The van der Waals surface area contributed by atoms with Gasteiger partial charge in [0, 0.05) is 32.0 Å². The molecular formula is C35H18O11. The van der Waals surface area contributed by atoms with Gasteiger partial charge in [0.15, 0.2) is 23.8 Å². The molecule has 4 N–H and O–H groups in total. The number of cyclic esters (lactones) is 2. The molecular weight excluding hydrogens is 596 g/mol. The van der Waals surface area contributed by atoms with Crippen molar-refractivity contribution in [2.45, 2.75) is 12.2 Å². The summed E-state index contributed by atoms with van der Waals surface area (Å²) in [4.78, 5) is 66.5. The van der Waals surface area contributed by atoms with Crippen LogP contribution in [0.5, 0.6) is 23.0 Å². The van der Waals surface area contributed by atoms with Crippen LogP contribution in [-0.2, 0) is 14.3 Å². The summed E-state index contributed by atoms with van der Waals surface area (Å²) in [6.07, 6.45) is 1.37. The SMILES string of the molecule is O=C1OC(C(=O)C2C=c3c(O)c4c(c(O)c3C(=O)O2)=Cc2ccccc2C4=O)C=c2c(O)c3c(c(O)c21)=Cc1ccccc1C3=O. The van der Waals surface area contributed by atoms with E-state index in [1.807, 2.05) is 0 Å². The maximum absolute atomic E-state index is 13.6. The molecule has 0 spiro atoms. The molecule has 0 bridgehead atoms. The Balaban J connectivity index is 1.26. The number of benzene rings is 4. The van der Waals surface area contributed by atoms with Gasteiger partial charge in [0.05, 0.1) is 11.1 Å². The topological polar surface area (TPSA) is 185 Å². The number of phenolic OH excluding ortho intramolecular Hbond substituents is 4. The monoisotopic (exact) mass is 614 g/mol. The molecule has 4 aliphatic rings. The summed E-state index contributed by atoms with van der Waals surface area (Å²) in [5.74, 6) is -7.22. The molecule has 0 fully saturated rings. The number of Topliss-reactive ketones (excluding diaryl/α,β-unsaturated/α-hetero) is 1. The van der Waals surface area contributed by atoms with Gasteiger partial charge in [-0.05, 0) is 35.4 Å². The number of carbonyl (C=O) groups is 5. The van der Waals surface area contributed by atoms with Crippen LogP contribution in [0.15, 0.2) is 48.5 Å². The molecule has 2 atom stereocenters. The van der Waals surface area contributed by atoms with E-state index in [0.29, 0.717) is 11.1 Å². The Hall–Kier alpha value is -6.49. The van der Waals surface area contributed by atoms with Gasteiger partial charge in [-0.25, -0.2) is 9.59 Å². The lowest BCUT2D eigenvalue weighted by Gasteiger charge is -2.26. The molecule has 2 aliphatic carbocycles. The first kappa shape index (κ1) is 27.1. The summed E-state index contributed by atoms with van der Waals surface area (Å²) in [5.41, 5.74) is -0.0540. The second-order valence-corrected chi connectivity index (χ2v) is 11.1. The van der Waals surface area contributed by atoms with Crippen molar-refractivity contribution in [2.75, 3.05) is 0 Å². The number of ketones is 3. The van der Waals surface area contributed by atoms with Crippen molar-refractivity contribution < 1.29 is 53.9 Å². The standard InChI is InChI=1S/C35H18O11/c36-27-15-7-3-1-5-13(15)9-17-23(27)29(38)19-11-21(45-34(43)25(19)31(17)40)33(42)22-12-20-26(35(44)46-22)32(41)18-10-14-6-2-4-8-16(14)28(37)24(18)30(20)39/h1-12,21-22,38-41H. The molecule has 2 aliphatic heterocycles. The van der Waals surface area contributed by atoms with Gasteiger partial charge < -0.3 is 29.9 Å². The van der Waals surface area contributed by atoms with Crippen LogP contribution in [-0.4, -0.2) is 61.9 Å². The van der Waals surface area contributed by atoms with Crippen LogP contribution >= 0.6 is 0 Å². The first-order valence-corrected chi connectivity index (χ1v) is 13.9. The van der Waals surface area contributed by atoms with E-state index in [1.165, 1.54) is 24.3 Å². The van der Waals surface area contributed by atoms with Crippen molar-refractivity contribution in [3.8, 4) is 23.0 Å². The predicted octanol–water partition coefficient (Wildman–Crippen LogP) is 0.164. The summed E-state index contributed by atoms with van der Waals surface area (Å²) in [6.45, 7) is 0. The van der Waals surface area contributed by atoms with E-state index in [-0.39, 0.29) is 43.1 Å². The van der Waals surface area contributed by atoms with Crippen molar-refractivity contribution in [1.29, 1.82) is 0 Å². The quantitative estimate of drug-likeness (QED) is 0.154. The molecule has 224 valence electrons. The lowest BCUT2D eigenvalue weighted by molar-refractivity contribution is -0.131. The predicted molar refractivity (Wildman–Crippen MR) is 157 cm³/mol. The van der Waals surface area contributed by atoms with Crippen LogP contribution in [0.2, 0.25) is 0 Å². The maximum Gasteiger partial charge on any atom is 0.343 e. The Morgan fingerprint density at radius 1 is 0.522 bits per heavy atom. The van der Waals surface area contributed by atoms with Gasteiger partial charge in [0.25, 0.3) is 0 Å².